The highest BCUT2D eigenvalue weighted by Gasteiger charge is 2.32. The van der Waals surface area contributed by atoms with Gasteiger partial charge >= 0.3 is 0 Å². The minimum atomic E-state index is -0.00160. The van der Waals surface area contributed by atoms with Gasteiger partial charge in [0.05, 0.1) is 6.04 Å². The number of nitrogens with zero attached hydrogens (tertiary/aromatic N) is 4. The van der Waals surface area contributed by atoms with Crippen LogP contribution < -0.4 is 10.2 Å². The van der Waals surface area contributed by atoms with Gasteiger partial charge in [0.25, 0.3) is 0 Å². The summed E-state index contributed by atoms with van der Waals surface area (Å²) in [6.45, 7) is 6.24. The lowest BCUT2D eigenvalue weighted by molar-refractivity contribution is -0.135. The number of piperidine rings is 1. The largest absolute Gasteiger partial charge is 0.338 e. The van der Waals surface area contributed by atoms with Crippen molar-refractivity contribution in [3.05, 3.63) is 18.5 Å². The zero-order valence-corrected chi connectivity index (χ0v) is 12.5. The molecule has 0 saturated carbocycles. The highest BCUT2D eigenvalue weighted by atomic mass is 16.2. The maximum absolute atomic E-state index is 12.6. The fraction of sp³-hybridized carbons (Fsp3) is 0.667. The second-order valence-corrected chi connectivity index (χ2v) is 5.91. The Labute approximate surface area is 125 Å². The zero-order chi connectivity index (χ0) is 14.7. The smallest absolute Gasteiger partial charge is 0.240 e. The Hall–Kier alpha value is -1.69. The molecule has 2 aliphatic rings. The summed E-state index contributed by atoms with van der Waals surface area (Å²) in [5.41, 5.74) is 0. The van der Waals surface area contributed by atoms with Gasteiger partial charge in [-0.05, 0) is 31.4 Å². The number of nitrogens with one attached hydrogen (secondary N) is 1. The first kappa shape index (κ1) is 14.3. The van der Waals surface area contributed by atoms with Crippen LogP contribution in [0.15, 0.2) is 18.5 Å². The summed E-state index contributed by atoms with van der Waals surface area (Å²) < 4.78 is 0. The molecule has 1 N–H and O–H groups in total. The third kappa shape index (κ3) is 3.15. The maximum atomic E-state index is 12.6. The molecule has 3 heterocycles. The van der Waals surface area contributed by atoms with Crippen molar-refractivity contribution in [1.82, 2.24) is 20.2 Å². The molecular formula is C15H23N5O. The molecule has 0 aromatic carbocycles. The zero-order valence-electron chi connectivity index (χ0n) is 12.5. The Balaban J connectivity index is 1.57. The third-order valence-corrected chi connectivity index (χ3v) is 4.46. The van der Waals surface area contributed by atoms with Crippen molar-refractivity contribution < 1.29 is 4.79 Å². The molecule has 0 spiro atoms. The van der Waals surface area contributed by atoms with Crippen molar-refractivity contribution in [2.75, 3.05) is 37.6 Å². The summed E-state index contributed by atoms with van der Waals surface area (Å²) in [5, 5.41) is 3.38. The Kier molecular flexibility index (Phi) is 4.34. The van der Waals surface area contributed by atoms with Crippen LogP contribution >= 0.6 is 0 Å². The minimum absolute atomic E-state index is 0.00160. The number of carbonyl (C=O) groups is 1. The molecule has 2 saturated heterocycles. The molecule has 2 fully saturated rings. The van der Waals surface area contributed by atoms with Crippen molar-refractivity contribution in [3.63, 3.8) is 0 Å². The molecular weight excluding hydrogens is 266 g/mol. The summed E-state index contributed by atoms with van der Waals surface area (Å²) in [4.78, 5) is 25.3. The molecule has 21 heavy (non-hydrogen) atoms. The second kappa shape index (κ2) is 6.39. The summed E-state index contributed by atoms with van der Waals surface area (Å²) in [6, 6.07) is 1.82. The number of hydrogen-bond donors (Lipinski definition) is 1. The van der Waals surface area contributed by atoms with Gasteiger partial charge in [-0.1, -0.05) is 6.92 Å². The molecule has 2 unspecified atom stereocenters. The molecule has 0 radical (unpaired) electrons. The van der Waals surface area contributed by atoms with Crippen molar-refractivity contribution >= 4 is 11.9 Å². The molecule has 6 nitrogen and oxygen atoms in total. The Morgan fingerprint density at radius 3 is 2.62 bits per heavy atom. The van der Waals surface area contributed by atoms with Crippen molar-refractivity contribution in [3.8, 4) is 0 Å². The van der Waals surface area contributed by atoms with E-state index < -0.39 is 0 Å². The molecule has 3 rings (SSSR count). The third-order valence-electron chi connectivity index (χ3n) is 4.46. The van der Waals surface area contributed by atoms with Gasteiger partial charge in [0, 0.05) is 38.6 Å². The number of hydrogen-bond acceptors (Lipinski definition) is 5. The van der Waals surface area contributed by atoms with Crippen molar-refractivity contribution in [2.24, 2.45) is 5.92 Å². The molecule has 114 valence electrons. The van der Waals surface area contributed by atoms with Gasteiger partial charge in [-0.25, -0.2) is 9.97 Å². The van der Waals surface area contributed by atoms with Crippen LogP contribution in [0.1, 0.15) is 19.8 Å². The summed E-state index contributed by atoms with van der Waals surface area (Å²) in [7, 11) is 0. The average molecular weight is 289 g/mol. The van der Waals surface area contributed by atoms with Crippen molar-refractivity contribution in [1.29, 1.82) is 0 Å². The van der Waals surface area contributed by atoms with Gasteiger partial charge in [-0.15, -0.1) is 0 Å². The molecule has 1 aromatic rings. The van der Waals surface area contributed by atoms with E-state index in [9.17, 15) is 4.79 Å². The van der Waals surface area contributed by atoms with Gasteiger partial charge in [0.2, 0.25) is 11.9 Å². The molecule has 6 heteroatoms. The van der Waals surface area contributed by atoms with E-state index >= 15 is 0 Å². The lowest BCUT2D eigenvalue weighted by Gasteiger charge is -2.38. The topological polar surface area (TPSA) is 61.4 Å². The van der Waals surface area contributed by atoms with E-state index in [1.807, 2.05) is 11.0 Å². The van der Waals surface area contributed by atoms with Gasteiger partial charge < -0.3 is 15.1 Å². The van der Waals surface area contributed by atoms with Crippen LogP contribution in [0, 0.1) is 5.92 Å². The van der Waals surface area contributed by atoms with Gasteiger partial charge in [0.1, 0.15) is 0 Å². The fourth-order valence-corrected chi connectivity index (χ4v) is 3.16. The van der Waals surface area contributed by atoms with Crippen LogP contribution in [-0.2, 0) is 4.79 Å². The summed E-state index contributed by atoms with van der Waals surface area (Å²) >= 11 is 0. The monoisotopic (exact) mass is 289 g/mol. The van der Waals surface area contributed by atoms with Gasteiger partial charge in [-0.2, -0.15) is 0 Å². The SMILES string of the molecule is CC1CCCNC1C(=O)N1CCN(c2ncccn2)CC1. The van der Waals surface area contributed by atoms with E-state index in [0.717, 1.165) is 45.1 Å². The second-order valence-electron chi connectivity index (χ2n) is 5.91. The number of piperazine rings is 1. The normalized spacial score (nSPS) is 26.7. The average Bonchev–Trinajstić information content (AvgIpc) is 2.56. The lowest BCUT2D eigenvalue weighted by Crippen LogP contribution is -2.57. The molecule has 2 aliphatic heterocycles. The highest BCUT2D eigenvalue weighted by molar-refractivity contribution is 5.82. The molecule has 2 atom stereocenters. The van der Waals surface area contributed by atoms with Crippen LogP contribution in [0.5, 0.6) is 0 Å². The molecule has 0 bridgehead atoms. The van der Waals surface area contributed by atoms with Crippen LogP contribution in [0.4, 0.5) is 5.95 Å². The van der Waals surface area contributed by atoms with E-state index in [2.05, 4.69) is 27.1 Å². The van der Waals surface area contributed by atoms with E-state index in [0.29, 0.717) is 5.92 Å². The van der Waals surface area contributed by atoms with Crippen LogP contribution in [0.3, 0.4) is 0 Å². The first-order chi connectivity index (χ1) is 10.3. The van der Waals surface area contributed by atoms with E-state index in [1.54, 1.807) is 12.4 Å². The molecule has 0 aliphatic carbocycles. The highest BCUT2D eigenvalue weighted by Crippen LogP contribution is 2.19. The predicted octanol–water partition coefficient (Wildman–Crippen LogP) is 0.513. The van der Waals surface area contributed by atoms with Gasteiger partial charge in [-0.3, -0.25) is 4.79 Å². The standard InChI is InChI=1S/C15H23N5O/c1-12-4-2-5-16-13(12)14(21)19-8-10-20(11-9-19)15-17-6-3-7-18-15/h3,6-7,12-13,16H,2,4-5,8-11H2,1H3. The van der Waals surface area contributed by atoms with Gasteiger partial charge in [0.15, 0.2) is 0 Å². The van der Waals surface area contributed by atoms with E-state index in [-0.39, 0.29) is 11.9 Å². The lowest BCUT2D eigenvalue weighted by atomic mass is 9.91. The predicted molar refractivity (Wildman–Crippen MR) is 81.0 cm³/mol. The number of aromatic nitrogens is 2. The first-order valence-electron chi connectivity index (χ1n) is 7.80. The number of rotatable bonds is 2. The Morgan fingerprint density at radius 1 is 1.24 bits per heavy atom. The number of carbonyl (C=O) groups excluding carboxylic acids is 1. The van der Waals surface area contributed by atoms with Crippen LogP contribution in [0.25, 0.3) is 0 Å². The Morgan fingerprint density at radius 2 is 1.95 bits per heavy atom. The van der Waals surface area contributed by atoms with E-state index in [4.69, 9.17) is 0 Å². The quantitative estimate of drug-likeness (QED) is 0.860. The Bertz CT molecular complexity index is 472. The van der Waals surface area contributed by atoms with Crippen molar-refractivity contribution in [2.45, 2.75) is 25.8 Å². The first-order valence-corrected chi connectivity index (χ1v) is 7.80. The number of anilines is 1. The minimum Gasteiger partial charge on any atom is -0.338 e. The summed E-state index contributed by atoms with van der Waals surface area (Å²) in [5.74, 6) is 1.45. The molecule has 1 amide bonds. The fourth-order valence-electron chi connectivity index (χ4n) is 3.16. The summed E-state index contributed by atoms with van der Waals surface area (Å²) in [6.07, 6.45) is 5.83. The maximum Gasteiger partial charge on any atom is 0.240 e. The van der Waals surface area contributed by atoms with Crippen LogP contribution in [0.2, 0.25) is 0 Å². The number of amides is 1. The van der Waals surface area contributed by atoms with E-state index in [1.165, 1.54) is 6.42 Å². The molecule has 1 aromatic heterocycles. The van der Waals surface area contributed by atoms with Crippen LogP contribution in [-0.4, -0.2) is 59.5 Å².